The van der Waals surface area contributed by atoms with E-state index in [0.29, 0.717) is 29.1 Å². The molecule has 4 aromatic rings. The van der Waals surface area contributed by atoms with E-state index in [1.807, 2.05) is 6.92 Å². The van der Waals surface area contributed by atoms with Gasteiger partial charge in [0, 0.05) is 17.6 Å². The fourth-order valence-corrected chi connectivity index (χ4v) is 2.87. The molecule has 0 aliphatic carbocycles. The molecule has 0 unspecified atom stereocenters. The molecule has 0 radical (unpaired) electrons. The average molecular weight is 401 g/mol. The molecule has 0 fully saturated rings. The molecule has 0 bridgehead atoms. The first-order valence-corrected chi connectivity index (χ1v) is 9.39. The lowest BCUT2D eigenvalue weighted by molar-refractivity contribution is 0.102. The fraction of sp³-hybridized carbons (Fsp3) is 0.0870. The maximum absolute atomic E-state index is 12.9. The third kappa shape index (κ3) is 4.30. The molecule has 150 valence electrons. The number of benzene rings is 2. The number of pyridine rings is 1. The zero-order valence-corrected chi connectivity index (χ0v) is 16.2. The Balaban J connectivity index is 1.81. The van der Waals surface area contributed by atoms with Gasteiger partial charge in [0.2, 0.25) is 5.55 Å². The highest BCUT2D eigenvalue weighted by molar-refractivity contribution is 6.05. The number of nitrogens with zero attached hydrogens (tertiary/aromatic N) is 2. The van der Waals surface area contributed by atoms with Crippen LogP contribution in [0.3, 0.4) is 0 Å². The summed E-state index contributed by atoms with van der Waals surface area (Å²) < 4.78 is 11.3. The maximum atomic E-state index is 12.9. The van der Waals surface area contributed by atoms with Crippen LogP contribution in [0.1, 0.15) is 17.3 Å². The molecule has 0 spiro atoms. The van der Waals surface area contributed by atoms with E-state index in [0.717, 1.165) is 5.75 Å². The molecule has 2 N–H and O–H groups in total. The molecule has 2 aromatic heterocycles. The highest BCUT2D eigenvalue weighted by Gasteiger charge is 2.14. The van der Waals surface area contributed by atoms with Crippen molar-refractivity contribution in [3.63, 3.8) is 0 Å². The molecule has 1 amide bonds. The maximum Gasteiger partial charge on any atom is 0.262 e. The van der Waals surface area contributed by atoms with E-state index in [1.165, 1.54) is 12.1 Å². The smallest absolute Gasteiger partial charge is 0.262 e. The minimum Gasteiger partial charge on any atom is -0.508 e. The Bertz CT molecular complexity index is 1250. The van der Waals surface area contributed by atoms with E-state index in [4.69, 9.17) is 9.15 Å². The molecule has 0 saturated carbocycles. The third-order valence-electron chi connectivity index (χ3n) is 4.26. The van der Waals surface area contributed by atoms with E-state index in [9.17, 15) is 9.90 Å². The van der Waals surface area contributed by atoms with E-state index in [1.54, 1.807) is 60.8 Å². The van der Waals surface area contributed by atoms with Crippen LogP contribution in [0.2, 0.25) is 0 Å². The van der Waals surface area contributed by atoms with Gasteiger partial charge in [-0.25, -0.2) is 9.98 Å². The van der Waals surface area contributed by atoms with Crippen molar-refractivity contribution >= 4 is 28.4 Å². The summed E-state index contributed by atoms with van der Waals surface area (Å²) in [7, 11) is 0. The zero-order valence-electron chi connectivity index (χ0n) is 16.2. The van der Waals surface area contributed by atoms with Crippen molar-refractivity contribution in [3.05, 3.63) is 84.0 Å². The van der Waals surface area contributed by atoms with Crippen molar-refractivity contribution in [1.29, 1.82) is 0 Å². The SMILES string of the molecule is CCOc1ccc(N=c2oc3cc(O)ccc3cc2C(=O)Nc2ccccn2)cc1. The van der Waals surface area contributed by atoms with Crippen molar-refractivity contribution in [1.82, 2.24) is 4.98 Å². The highest BCUT2D eigenvalue weighted by Crippen LogP contribution is 2.21. The lowest BCUT2D eigenvalue weighted by Gasteiger charge is -2.07. The number of anilines is 1. The van der Waals surface area contributed by atoms with Crippen molar-refractivity contribution in [2.45, 2.75) is 6.92 Å². The standard InChI is InChI=1S/C23H19N3O4/c1-2-29-18-10-7-16(8-11-18)25-23-19(22(28)26-21-5-3-4-12-24-21)13-15-6-9-17(27)14-20(15)30-23/h3-14,27H,2H2,1H3,(H,24,26,28). The Morgan fingerprint density at radius 3 is 2.70 bits per heavy atom. The number of phenols is 1. The molecule has 0 saturated heterocycles. The highest BCUT2D eigenvalue weighted by atomic mass is 16.5. The first-order valence-electron chi connectivity index (χ1n) is 9.39. The number of aromatic nitrogens is 1. The van der Waals surface area contributed by atoms with E-state index < -0.39 is 5.91 Å². The monoisotopic (exact) mass is 401 g/mol. The molecule has 2 aromatic carbocycles. The van der Waals surface area contributed by atoms with Crippen LogP contribution in [0.5, 0.6) is 11.5 Å². The van der Waals surface area contributed by atoms with Crippen molar-refractivity contribution in [2.24, 2.45) is 4.99 Å². The molecular weight excluding hydrogens is 382 g/mol. The zero-order chi connectivity index (χ0) is 20.9. The second kappa shape index (κ2) is 8.48. The Morgan fingerprint density at radius 2 is 1.97 bits per heavy atom. The van der Waals surface area contributed by atoms with Crippen LogP contribution in [-0.4, -0.2) is 22.6 Å². The van der Waals surface area contributed by atoms with Gasteiger partial charge in [0.15, 0.2) is 0 Å². The molecule has 0 aliphatic rings. The van der Waals surface area contributed by atoms with Gasteiger partial charge in [-0.3, -0.25) is 4.79 Å². The Morgan fingerprint density at radius 1 is 1.13 bits per heavy atom. The van der Waals surface area contributed by atoms with Gasteiger partial charge in [0.05, 0.1) is 12.3 Å². The lowest BCUT2D eigenvalue weighted by Crippen LogP contribution is -2.22. The van der Waals surface area contributed by atoms with E-state index >= 15 is 0 Å². The van der Waals surface area contributed by atoms with Crippen LogP contribution in [0, 0.1) is 0 Å². The second-order valence-electron chi connectivity index (χ2n) is 6.40. The summed E-state index contributed by atoms with van der Waals surface area (Å²) in [5.74, 6) is 0.798. The normalized spacial score (nSPS) is 11.4. The third-order valence-corrected chi connectivity index (χ3v) is 4.26. The van der Waals surface area contributed by atoms with Crippen LogP contribution < -0.4 is 15.6 Å². The molecule has 7 nitrogen and oxygen atoms in total. The first kappa shape index (κ1) is 19.2. The number of ether oxygens (including phenoxy) is 1. The molecule has 2 heterocycles. The molecule has 4 rings (SSSR count). The van der Waals surface area contributed by atoms with Crippen molar-refractivity contribution in [3.8, 4) is 11.5 Å². The largest absolute Gasteiger partial charge is 0.508 e. The number of rotatable bonds is 5. The molecular formula is C23H19N3O4. The second-order valence-corrected chi connectivity index (χ2v) is 6.40. The van der Waals surface area contributed by atoms with Gasteiger partial charge in [-0.05, 0) is 61.5 Å². The molecule has 7 heteroatoms. The number of hydrogen-bond acceptors (Lipinski definition) is 6. The van der Waals surface area contributed by atoms with E-state index in [2.05, 4.69) is 15.3 Å². The summed E-state index contributed by atoms with van der Waals surface area (Å²) in [6, 6.07) is 18.7. The van der Waals surface area contributed by atoms with Gasteiger partial charge in [-0.15, -0.1) is 0 Å². The summed E-state index contributed by atoms with van der Waals surface area (Å²) in [6.07, 6.45) is 1.59. The molecule has 0 atom stereocenters. The van der Waals surface area contributed by atoms with Gasteiger partial charge in [-0.1, -0.05) is 6.07 Å². The Hall–Kier alpha value is -4.13. The lowest BCUT2D eigenvalue weighted by atomic mass is 10.1. The number of phenolic OH excluding ortho intramolecular Hbond substituents is 1. The Kier molecular flexibility index (Phi) is 5.43. The predicted molar refractivity (Wildman–Crippen MR) is 113 cm³/mol. The summed E-state index contributed by atoms with van der Waals surface area (Å²) in [4.78, 5) is 21.6. The quantitative estimate of drug-likeness (QED) is 0.516. The van der Waals surface area contributed by atoms with Crippen molar-refractivity contribution in [2.75, 3.05) is 11.9 Å². The number of carbonyl (C=O) groups excluding carboxylic acids is 1. The minimum absolute atomic E-state index is 0.0592. The van der Waals surface area contributed by atoms with Crippen LogP contribution in [0.25, 0.3) is 11.0 Å². The minimum atomic E-state index is -0.405. The number of aromatic hydroxyl groups is 1. The van der Waals surface area contributed by atoms with Gasteiger partial charge in [0.25, 0.3) is 5.91 Å². The van der Waals surface area contributed by atoms with E-state index in [-0.39, 0.29) is 16.9 Å². The number of hydrogen-bond donors (Lipinski definition) is 2. The van der Waals surface area contributed by atoms with Gasteiger partial charge >= 0.3 is 0 Å². The molecule has 30 heavy (non-hydrogen) atoms. The van der Waals surface area contributed by atoms with Crippen LogP contribution >= 0.6 is 0 Å². The van der Waals surface area contributed by atoms with Gasteiger partial charge < -0.3 is 19.6 Å². The summed E-state index contributed by atoms with van der Waals surface area (Å²) in [6.45, 7) is 2.48. The summed E-state index contributed by atoms with van der Waals surface area (Å²) in [5.41, 5.74) is 1.36. The van der Waals surface area contributed by atoms with Crippen LogP contribution in [0.15, 0.2) is 82.3 Å². The summed E-state index contributed by atoms with van der Waals surface area (Å²) in [5, 5.41) is 13.2. The number of nitrogens with one attached hydrogen (secondary N) is 1. The fourth-order valence-electron chi connectivity index (χ4n) is 2.87. The number of carbonyl (C=O) groups is 1. The first-order chi connectivity index (χ1) is 14.6. The van der Waals surface area contributed by atoms with Crippen LogP contribution in [-0.2, 0) is 0 Å². The average Bonchev–Trinajstić information content (AvgIpc) is 2.75. The number of amides is 1. The topological polar surface area (TPSA) is 97.0 Å². The van der Waals surface area contributed by atoms with Crippen LogP contribution in [0.4, 0.5) is 11.5 Å². The molecule has 0 aliphatic heterocycles. The van der Waals surface area contributed by atoms with Gasteiger partial charge in [-0.2, -0.15) is 0 Å². The van der Waals surface area contributed by atoms with Gasteiger partial charge in [0.1, 0.15) is 28.5 Å². The van der Waals surface area contributed by atoms with Crippen molar-refractivity contribution < 1.29 is 19.1 Å². The Labute approximate surface area is 172 Å². The number of fused-ring (bicyclic) bond motifs is 1. The summed E-state index contributed by atoms with van der Waals surface area (Å²) >= 11 is 0. The predicted octanol–water partition coefficient (Wildman–Crippen LogP) is 4.42.